The van der Waals surface area contributed by atoms with Crippen molar-refractivity contribution >= 4 is 23.3 Å². The fourth-order valence-corrected chi connectivity index (χ4v) is 4.08. The molecule has 4 rings (SSSR count). The highest BCUT2D eigenvalue weighted by Crippen LogP contribution is 2.25. The number of nitrogens with zero attached hydrogens (tertiary/aromatic N) is 5. The molecular formula is C21H31N7O3. The molecule has 0 atom stereocenters. The number of hydrogen-bond donors (Lipinski definition) is 3. The van der Waals surface area contributed by atoms with Gasteiger partial charge in [0, 0.05) is 58.4 Å². The van der Waals surface area contributed by atoms with E-state index in [4.69, 9.17) is 9.97 Å². The first-order valence-corrected chi connectivity index (χ1v) is 11.1. The van der Waals surface area contributed by atoms with Gasteiger partial charge in [-0.05, 0) is 32.7 Å². The van der Waals surface area contributed by atoms with Crippen LogP contribution in [0.1, 0.15) is 25.7 Å². The minimum absolute atomic E-state index is 0.0291. The van der Waals surface area contributed by atoms with E-state index >= 15 is 0 Å². The summed E-state index contributed by atoms with van der Waals surface area (Å²) in [6, 6.07) is 2.04. The number of aromatic nitrogens is 2. The highest BCUT2D eigenvalue weighted by Gasteiger charge is 2.21. The second-order valence-corrected chi connectivity index (χ2v) is 8.34. The molecule has 2 aromatic rings. The third-order valence-corrected chi connectivity index (χ3v) is 6.00. The molecule has 3 heterocycles. The molecule has 0 spiro atoms. The zero-order chi connectivity index (χ0) is 21.8. The molecule has 10 heteroatoms. The number of nitrogens with one attached hydrogen (secondary N) is 2. The normalized spacial score (nSPS) is 16.6. The van der Waals surface area contributed by atoms with Gasteiger partial charge in [-0.25, -0.2) is 0 Å². The Morgan fingerprint density at radius 1 is 0.935 bits per heavy atom. The highest BCUT2D eigenvalue weighted by atomic mass is 16.3. The van der Waals surface area contributed by atoms with Crippen molar-refractivity contribution in [3.63, 3.8) is 0 Å². The summed E-state index contributed by atoms with van der Waals surface area (Å²) in [5.41, 5.74) is -1.43. The van der Waals surface area contributed by atoms with E-state index < -0.39 is 16.6 Å². The van der Waals surface area contributed by atoms with E-state index in [0.29, 0.717) is 13.1 Å². The predicted molar refractivity (Wildman–Crippen MR) is 122 cm³/mol. The summed E-state index contributed by atoms with van der Waals surface area (Å²) in [6.07, 6.45) is 4.79. The summed E-state index contributed by atoms with van der Waals surface area (Å²) >= 11 is 0. The molecule has 0 radical (unpaired) electrons. The van der Waals surface area contributed by atoms with Crippen molar-refractivity contribution < 1.29 is 5.11 Å². The number of hydrogen-bond acceptors (Lipinski definition) is 10. The Morgan fingerprint density at radius 3 is 2.19 bits per heavy atom. The second-order valence-electron chi connectivity index (χ2n) is 8.34. The Hall–Kier alpha value is -2.88. The molecule has 2 aliphatic heterocycles. The molecule has 0 aliphatic carbocycles. The molecule has 1 aromatic heterocycles. The van der Waals surface area contributed by atoms with Crippen LogP contribution in [0.5, 0.6) is 5.75 Å². The van der Waals surface area contributed by atoms with E-state index in [1.807, 2.05) is 13.1 Å². The zero-order valence-electron chi connectivity index (χ0n) is 18.1. The maximum atomic E-state index is 11.3. The van der Waals surface area contributed by atoms with Gasteiger partial charge >= 0.3 is 0 Å². The monoisotopic (exact) mass is 429 g/mol. The molecule has 168 valence electrons. The SMILES string of the molecule is CN(CCNc1cc(N2CCCC2)nc(N2CCCC2)n1)CCNc1c(O)c(=O)c1=O. The van der Waals surface area contributed by atoms with Gasteiger partial charge in [0.25, 0.3) is 10.9 Å². The molecular weight excluding hydrogens is 398 g/mol. The lowest BCUT2D eigenvalue weighted by atomic mass is 10.2. The maximum absolute atomic E-state index is 11.3. The van der Waals surface area contributed by atoms with E-state index in [9.17, 15) is 14.7 Å². The molecule has 0 saturated carbocycles. The first-order chi connectivity index (χ1) is 15.0. The van der Waals surface area contributed by atoms with Gasteiger partial charge in [0.1, 0.15) is 17.3 Å². The molecule has 2 fully saturated rings. The van der Waals surface area contributed by atoms with Crippen LogP contribution >= 0.6 is 0 Å². The summed E-state index contributed by atoms with van der Waals surface area (Å²) in [4.78, 5) is 38.7. The Kier molecular flexibility index (Phi) is 6.55. The van der Waals surface area contributed by atoms with Crippen LogP contribution in [0.15, 0.2) is 15.7 Å². The van der Waals surface area contributed by atoms with Crippen molar-refractivity contribution in [1.82, 2.24) is 14.9 Å². The fraction of sp³-hybridized carbons (Fsp3) is 0.619. The van der Waals surface area contributed by atoms with Crippen LogP contribution < -0.4 is 31.3 Å². The van der Waals surface area contributed by atoms with E-state index in [-0.39, 0.29) is 5.69 Å². The molecule has 3 N–H and O–H groups in total. The first-order valence-electron chi connectivity index (χ1n) is 11.1. The van der Waals surface area contributed by atoms with Crippen molar-refractivity contribution in [1.29, 1.82) is 0 Å². The predicted octanol–water partition coefficient (Wildman–Crippen LogP) is 0.434. The molecule has 10 nitrogen and oxygen atoms in total. The topological polar surface area (TPSA) is 114 Å². The minimum atomic E-state index is -0.813. The summed E-state index contributed by atoms with van der Waals surface area (Å²) < 4.78 is 0. The van der Waals surface area contributed by atoms with Crippen molar-refractivity contribution in [3.8, 4) is 5.75 Å². The van der Waals surface area contributed by atoms with Gasteiger partial charge in [0.05, 0.1) is 0 Å². The highest BCUT2D eigenvalue weighted by molar-refractivity contribution is 5.60. The summed E-state index contributed by atoms with van der Waals surface area (Å²) in [7, 11) is 1.98. The van der Waals surface area contributed by atoms with Gasteiger partial charge in [-0.3, -0.25) is 9.59 Å². The van der Waals surface area contributed by atoms with Crippen molar-refractivity contribution in [3.05, 3.63) is 26.5 Å². The van der Waals surface area contributed by atoms with Gasteiger partial charge < -0.3 is 30.4 Å². The lowest BCUT2D eigenvalue weighted by molar-refractivity contribution is 0.360. The lowest BCUT2D eigenvalue weighted by Gasteiger charge is -2.22. The molecule has 2 aliphatic rings. The van der Waals surface area contributed by atoms with Crippen molar-refractivity contribution in [2.24, 2.45) is 0 Å². The number of anilines is 4. The lowest BCUT2D eigenvalue weighted by Crippen LogP contribution is -2.36. The van der Waals surface area contributed by atoms with Gasteiger partial charge in [-0.2, -0.15) is 9.97 Å². The summed E-state index contributed by atoms with van der Waals surface area (Å²) in [5.74, 6) is 2.21. The average Bonchev–Trinajstić information content (AvgIpc) is 3.50. The van der Waals surface area contributed by atoms with Gasteiger partial charge in [-0.15, -0.1) is 0 Å². The Morgan fingerprint density at radius 2 is 1.55 bits per heavy atom. The number of likely N-dealkylation sites (N-methyl/N-ethyl adjacent to an activating group) is 1. The summed E-state index contributed by atoms with van der Waals surface area (Å²) in [5, 5.41) is 15.6. The molecule has 2 saturated heterocycles. The van der Waals surface area contributed by atoms with E-state index in [0.717, 1.165) is 56.9 Å². The van der Waals surface area contributed by atoms with Gasteiger partial charge in [-0.1, -0.05) is 0 Å². The standard InChI is InChI=1S/C21H31N7O3/c1-26(13-7-23-17-18(29)20(31)19(17)30)12-6-22-15-14-16(27-8-2-3-9-27)25-21(24-15)28-10-4-5-11-28/h14,23,29H,2-13H2,1H3,(H,22,24,25). The van der Waals surface area contributed by atoms with Crippen LogP contribution in [0, 0.1) is 0 Å². The van der Waals surface area contributed by atoms with E-state index in [1.165, 1.54) is 25.7 Å². The number of aromatic hydroxyl groups is 1. The number of rotatable bonds is 10. The van der Waals surface area contributed by atoms with Crippen LogP contribution in [-0.4, -0.2) is 79.4 Å². The van der Waals surface area contributed by atoms with Crippen LogP contribution in [0.25, 0.3) is 0 Å². The first kappa shape index (κ1) is 21.4. The van der Waals surface area contributed by atoms with Gasteiger partial charge in [0.2, 0.25) is 5.95 Å². The smallest absolute Gasteiger partial charge is 0.271 e. The minimum Gasteiger partial charge on any atom is -0.502 e. The fourth-order valence-electron chi connectivity index (χ4n) is 4.08. The molecule has 31 heavy (non-hydrogen) atoms. The molecule has 1 aromatic carbocycles. The average molecular weight is 430 g/mol. The van der Waals surface area contributed by atoms with Crippen LogP contribution in [0.2, 0.25) is 0 Å². The van der Waals surface area contributed by atoms with Gasteiger partial charge in [0.15, 0.2) is 5.75 Å². The van der Waals surface area contributed by atoms with E-state index in [1.54, 1.807) is 0 Å². The Labute approximate surface area is 181 Å². The van der Waals surface area contributed by atoms with E-state index in [2.05, 4.69) is 25.3 Å². The molecule has 0 bridgehead atoms. The third-order valence-electron chi connectivity index (χ3n) is 6.00. The Balaban J connectivity index is 1.29. The van der Waals surface area contributed by atoms with Crippen LogP contribution in [-0.2, 0) is 0 Å². The second kappa shape index (κ2) is 9.51. The molecule has 0 unspecified atom stereocenters. The molecule has 0 amide bonds. The van der Waals surface area contributed by atoms with Crippen molar-refractivity contribution in [2.75, 3.05) is 79.8 Å². The quantitative estimate of drug-likeness (QED) is 0.460. The third kappa shape index (κ3) is 4.90. The summed E-state index contributed by atoms with van der Waals surface area (Å²) in [6.45, 7) is 6.76. The largest absolute Gasteiger partial charge is 0.502 e. The maximum Gasteiger partial charge on any atom is 0.271 e. The van der Waals surface area contributed by atoms with Crippen molar-refractivity contribution in [2.45, 2.75) is 25.7 Å². The Bertz CT molecular complexity index is 926. The van der Waals surface area contributed by atoms with Crippen LogP contribution in [0.4, 0.5) is 23.3 Å². The zero-order valence-corrected chi connectivity index (χ0v) is 18.1. The van der Waals surface area contributed by atoms with Crippen LogP contribution in [0.3, 0.4) is 0 Å².